The van der Waals surface area contributed by atoms with Crippen molar-refractivity contribution in [1.29, 1.82) is 0 Å². The van der Waals surface area contributed by atoms with E-state index in [4.69, 9.17) is 17.0 Å². The number of thiocarbonyl (C=S) groups is 1. The molecule has 4 heteroatoms. The van der Waals surface area contributed by atoms with Gasteiger partial charge in [0.25, 0.3) is 0 Å². The lowest BCUT2D eigenvalue weighted by atomic mass is 10.1. The molecule has 1 aliphatic rings. The molecular formula is C22H28N2OS. The molecule has 0 heterocycles. The number of aryl methyl sites for hydroxylation is 1. The van der Waals surface area contributed by atoms with Gasteiger partial charge in [0, 0.05) is 24.7 Å². The zero-order valence-electron chi connectivity index (χ0n) is 15.7. The second-order valence-electron chi connectivity index (χ2n) is 7.02. The van der Waals surface area contributed by atoms with Crippen LogP contribution in [-0.2, 0) is 13.1 Å². The highest BCUT2D eigenvalue weighted by atomic mass is 32.1. The summed E-state index contributed by atoms with van der Waals surface area (Å²) in [6.45, 7) is 3.65. The monoisotopic (exact) mass is 368 g/mol. The SMILES string of the molecule is COc1ccccc1CN(C(=S)NCc1ccc(C)cc1)C1CCCC1. The Kier molecular flexibility index (Phi) is 6.51. The predicted octanol–water partition coefficient (Wildman–Crippen LogP) is 4.82. The average Bonchev–Trinajstić information content (AvgIpc) is 3.20. The molecule has 138 valence electrons. The molecule has 1 fully saturated rings. The van der Waals surface area contributed by atoms with Crippen LogP contribution >= 0.6 is 12.2 Å². The summed E-state index contributed by atoms with van der Waals surface area (Å²) < 4.78 is 5.54. The van der Waals surface area contributed by atoms with Gasteiger partial charge < -0.3 is 15.0 Å². The van der Waals surface area contributed by atoms with Crippen LogP contribution in [0.25, 0.3) is 0 Å². The molecule has 0 atom stereocenters. The lowest BCUT2D eigenvalue weighted by molar-refractivity contribution is 0.297. The first kappa shape index (κ1) is 18.7. The van der Waals surface area contributed by atoms with E-state index in [0.717, 1.165) is 24.0 Å². The van der Waals surface area contributed by atoms with Crippen molar-refractivity contribution in [3.8, 4) is 5.75 Å². The minimum Gasteiger partial charge on any atom is -0.496 e. The smallest absolute Gasteiger partial charge is 0.169 e. The zero-order chi connectivity index (χ0) is 18.4. The van der Waals surface area contributed by atoms with Gasteiger partial charge in [0.05, 0.1) is 7.11 Å². The van der Waals surface area contributed by atoms with E-state index in [1.54, 1.807) is 7.11 Å². The molecule has 0 bridgehead atoms. The number of rotatable bonds is 6. The second-order valence-corrected chi connectivity index (χ2v) is 7.41. The van der Waals surface area contributed by atoms with E-state index in [1.807, 2.05) is 12.1 Å². The Morgan fingerprint density at radius 1 is 1.12 bits per heavy atom. The summed E-state index contributed by atoms with van der Waals surface area (Å²) in [5.74, 6) is 0.928. The maximum absolute atomic E-state index is 5.79. The molecule has 2 aromatic carbocycles. The van der Waals surface area contributed by atoms with Crippen LogP contribution in [0.15, 0.2) is 48.5 Å². The number of nitrogens with one attached hydrogen (secondary N) is 1. The highest BCUT2D eigenvalue weighted by Gasteiger charge is 2.25. The van der Waals surface area contributed by atoms with Gasteiger partial charge in [-0.05, 0) is 43.6 Å². The molecule has 26 heavy (non-hydrogen) atoms. The first-order valence-corrected chi connectivity index (χ1v) is 9.80. The van der Waals surface area contributed by atoms with Gasteiger partial charge >= 0.3 is 0 Å². The highest BCUT2D eigenvalue weighted by Crippen LogP contribution is 2.27. The topological polar surface area (TPSA) is 24.5 Å². The summed E-state index contributed by atoms with van der Waals surface area (Å²) in [7, 11) is 1.73. The van der Waals surface area contributed by atoms with Crippen molar-refractivity contribution >= 4 is 17.3 Å². The van der Waals surface area contributed by atoms with Crippen molar-refractivity contribution in [3.63, 3.8) is 0 Å². The van der Waals surface area contributed by atoms with Crippen molar-refractivity contribution in [1.82, 2.24) is 10.2 Å². The quantitative estimate of drug-likeness (QED) is 0.739. The second kappa shape index (κ2) is 9.04. The van der Waals surface area contributed by atoms with Crippen LogP contribution in [0.3, 0.4) is 0 Å². The normalized spacial score (nSPS) is 14.2. The molecule has 0 saturated heterocycles. The molecule has 3 nitrogen and oxygen atoms in total. The number of benzene rings is 2. The van der Waals surface area contributed by atoms with Crippen molar-refractivity contribution < 1.29 is 4.74 Å². The van der Waals surface area contributed by atoms with Crippen LogP contribution in [0.5, 0.6) is 5.75 Å². The zero-order valence-corrected chi connectivity index (χ0v) is 16.5. The minimum absolute atomic E-state index is 0.512. The number of hydrogen-bond donors (Lipinski definition) is 1. The van der Waals surface area contributed by atoms with Crippen LogP contribution in [0.2, 0.25) is 0 Å². The Labute approximate surface area is 162 Å². The van der Waals surface area contributed by atoms with Crippen molar-refractivity contribution in [3.05, 3.63) is 65.2 Å². The fraction of sp³-hybridized carbons (Fsp3) is 0.409. The Bertz CT molecular complexity index is 723. The van der Waals surface area contributed by atoms with E-state index < -0.39 is 0 Å². The number of para-hydroxylation sites is 1. The number of nitrogens with zero attached hydrogens (tertiary/aromatic N) is 1. The Balaban J connectivity index is 1.70. The lowest BCUT2D eigenvalue weighted by Gasteiger charge is -2.32. The fourth-order valence-corrected chi connectivity index (χ4v) is 3.87. The molecule has 0 amide bonds. The molecule has 0 unspecified atom stereocenters. The van der Waals surface area contributed by atoms with Gasteiger partial charge in [-0.25, -0.2) is 0 Å². The van der Waals surface area contributed by atoms with Crippen LogP contribution in [-0.4, -0.2) is 23.2 Å². The van der Waals surface area contributed by atoms with Gasteiger partial charge in [-0.2, -0.15) is 0 Å². The summed E-state index contributed by atoms with van der Waals surface area (Å²) in [6, 6.07) is 17.3. The molecular weight excluding hydrogens is 340 g/mol. The number of methoxy groups -OCH3 is 1. The molecule has 2 aromatic rings. The predicted molar refractivity (Wildman–Crippen MR) is 111 cm³/mol. The maximum atomic E-state index is 5.79. The molecule has 0 aliphatic heterocycles. The third kappa shape index (κ3) is 4.76. The average molecular weight is 369 g/mol. The Hall–Kier alpha value is -2.07. The third-order valence-electron chi connectivity index (χ3n) is 5.12. The van der Waals surface area contributed by atoms with E-state index in [-0.39, 0.29) is 0 Å². The molecule has 0 spiro atoms. The van der Waals surface area contributed by atoms with Gasteiger partial charge in [-0.3, -0.25) is 0 Å². The fourth-order valence-electron chi connectivity index (χ4n) is 3.58. The molecule has 0 aromatic heterocycles. The first-order valence-electron chi connectivity index (χ1n) is 9.39. The molecule has 1 aliphatic carbocycles. The van der Waals surface area contributed by atoms with Crippen LogP contribution in [0.4, 0.5) is 0 Å². The minimum atomic E-state index is 0.512. The largest absolute Gasteiger partial charge is 0.496 e. The molecule has 0 radical (unpaired) electrons. The van der Waals surface area contributed by atoms with Gasteiger partial charge in [0.15, 0.2) is 5.11 Å². The molecule has 1 saturated carbocycles. The van der Waals surface area contributed by atoms with Gasteiger partial charge in [0.2, 0.25) is 0 Å². The van der Waals surface area contributed by atoms with Crippen molar-refractivity contribution in [2.24, 2.45) is 0 Å². The summed E-state index contributed by atoms with van der Waals surface area (Å²) in [5, 5.41) is 4.31. The standard InChI is InChI=1S/C22H28N2OS/c1-17-11-13-18(14-12-17)15-23-22(26)24(20-8-4-5-9-20)16-19-7-3-6-10-21(19)25-2/h3,6-7,10-14,20H,4-5,8-9,15-16H2,1-2H3,(H,23,26). The van der Waals surface area contributed by atoms with Crippen molar-refractivity contribution in [2.45, 2.75) is 51.7 Å². The Morgan fingerprint density at radius 3 is 2.50 bits per heavy atom. The summed E-state index contributed by atoms with van der Waals surface area (Å²) in [6.07, 6.45) is 4.99. The van der Waals surface area contributed by atoms with E-state index >= 15 is 0 Å². The third-order valence-corrected chi connectivity index (χ3v) is 5.50. The van der Waals surface area contributed by atoms with Crippen molar-refractivity contribution in [2.75, 3.05) is 7.11 Å². The van der Waals surface area contributed by atoms with E-state index in [1.165, 1.54) is 42.4 Å². The van der Waals surface area contributed by atoms with Crippen LogP contribution < -0.4 is 10.1 Å². The first-order chi connectivity index (χ1) is 12.7. The summed E-state index contributed by atoms with van der Waals surface area (Å²) >= 11 is 5.79. The number of ether oxygens (including phenoxy) is 1. The van der Waals surface area contributed by atoms with E-state index in [2.05, 4.69) is 53.5 Å². The Morgan fingerprint density at radius 2 is 1.81 bits per heavy atom. The van der Waals surface area contributed by atoms with Gasteiger partial charge in [0.1, 0.15) is 5.75 Å². The molecule has 3 rings (SSSR count). The van der Waals surface area contributed by atoms with E-state index in [0.29, 0.717) is 6.04 Å². The number of hydrogen-bond acceptors (Lipinski definition) is 2. The maximum Gasteiger partial charge on any atom is 0.169 e. The van der Waals surface area contributed by atoms with Crippen LogP contribution in [0.1, 0.15) is 42.4 Å². The van der Waals surface area contributed by atoms with Gasteiger partial charge in [-0.1, -0.05) is 60.9 Å². The summed E-state index contributed by atoms with van der Waals surface area (Å²) in [5.41, 5.74) is 3.71. The summed E-state index contributed by atoms with van der Waals surface area (Å²) in [4.78, 5) is 2.36. The van der Waals surface area contributed by atoms with Crippen LogP contribution in [0, 0.1) is 6.92 Å². The lowest BCUT2D eigenvalue weighted by Crippen LogP contribution is -2.44. The molecule has 1 N–H and O–H groups in total. The van der Waals surface area contributed by atoms with E-state index in [9.17, 15) is 0 Å². The highest BCUT2D eigenvalue weighted by molar-refractivity contribution is 7.80. The van der Waals surface area contributed by atoms with Gasteiger partial charge in [-0.15, -0.1) is 0 Å².